The molecule has 5 nitrogen and oxygen atoms in total. The molecule has 0 saturated carbocycles. The zero-order valence-electron chi connectivity index (χ0n) is 10.9. The van der Waals surface area contributed by atoms with Gasteiger partial charge in [-0.3, -0.25) is 0 Å². The van der Waals surface area contributed by atoms with Gasteiger partial charge in [-0.25, -0.2) is 15.0 Å². The number of aromatic amines is 1. The van der Waals surface area contributed by atoms with E-state index in [1.807, 2.05) is 0 Å². The summed E-state index contributed by atoms with van der Waals surface area (Å²) in [4.78, 5) is 16.7. The van der Waals surface area contributed by atoms with Crippen molar-refractivity contribution in [2.45, 2.75) is 23.9 Å². The van der Waals surface area contributed by atoms with E-state index in [1.54, 1.807) is 0 Å². The van der Waals surface area contributed by atoms with Gasteiger partial charge < -0.3 is 10.7 Å². The van der Waals surface area contributed by atoms with Crippen LogP contribution < -0.4 is 5.73 Å². The summed E-state index contributed by atoms with van der Waals surface area (Å²) in [5, 5.41) is 0.746. The summed E-state index contributed by atoms with van der Waals surface area (Å²) < 4.78 is 1.05. The monoisotopic (exact) mass is 349 g/mol. The van der Waals surface area contributed by atoms with Crippen LogP contribution in [0.15, 0.2) is 33.0 Å². The van der Waals surface area contributed by atoms with E-state index >= 15 is 0 Å². The number of nitrogen functional groups attached to an aromatic ring is 1. The summed E-state index contributed by atoms with van der Waals surface area (Å²) in [7, 11) is 0. The number of benzene rings is 1. The number of H-pyrrole nitrogens is 1. The van der Waals surface area contributed by atoms with Gasteiger partial charge in [0.15, 0.2) is 16.6 Å². The number of aromatic nitrogens is 4. The first-order valence-corrected chi connectivity index (χ1v) is 7.56. The quantitative estimate of drug-likeness (QED) is 0.740. The molecule has 0 fully saturated rings. The average Bonchev–Trinajstić information content (AvgIpc) is 2.80. The third-order valence-electron chi connectivity index (χ3n) is 3.05. The van der Waals surface area contributed by atoms with Crippen LogP contribution >= 0.6 is 27.7 Å². The Morgan fingerprint density at radius 1 is 1.20 bits per heavy atom. The minimum absolute atomic E-state index is 0.411. The van der Waals surface area contributed by atoms with Crippen LogP contribution in [-0.2, 0) is 0 Å². The Labute approximate surface area is 128 Å². The minimum Gasteiger partial charge on any atom is -0.382 e. The second kappa shape index (κ2) is 5.06. The molecule has 3 aromatic rings. The van der Waals surface area contributed by atoms with Crippen LogP contribution in [0.25, 0.3) is 11.2 Å². The number of hydrogen-bond acceptors (Lipinski definition) is 5. The molecule has 3 N–H and O–H groups in total. The van der Waals surface area contributed by atoms with E-state index in [4.69, 9.17) is 5.73 Å². The van der Waals surface area contributed by atoms with E-state index in [2.05, 4.69) is 61.8 Å². The van der Waals surface area contributed by atoms with Crippen molar-refractivity contribution in [2.24, 2.45) is 0 Å². The van der Waals surface area contributed by atoms with E-state index in [-0.39, 0.29) is 0 Å². The lowest BCUT2D eigenvalue weighted by molar-refractivity contribution is 1.07. The number of anilines is 1. The Bertz CT molecular complexity index is 799. The molecule has 0 unspecified atom stereocenters. The second-order valence-corrected chi connectivity index (χ2v) is 6.35. The van der Waals surface area contributed by atoms with Crippen LogP contribution in [-0.4, -0.2) is 19.9 Å². The third-order valence-corrected chi connectivity index (χ3v) is 4.91. The number of fused-ring (bicyclic) bond motifs is 1. The summed E-state index contributed by atoms with van der Waals surface area (Å²) in [5.74, 6) is 0.411. The van der Waals surface area contributed by atoms with Crippen molar-refractivity contribution >= 4 is 44.7 Å². The Kier molecular flexibility index (Phi) is 3.39. The number of halogens is 1. The van der Waals surface area contributed by atoms with Crippen LogP contribution in [0.4, 0.5) is 5.82 Å². The summed E-state index contributed by atoms with van der Waals surface area (Å²) >= 11 is 5.12. The van der Waals surface area contributed by atoms with Crippen LogP contribution in [0.1, 0.15) is 11.1 Å². The number of rotatable bonds is 2. The highest BCUT2D eigenvalue weighted by Crippen LogP contribution is 2.34. The second-order valence-electron chi connectivity index (χ2n) is 4.47. The van der Waals surface area contributed by atoms with E-state index < -0.39 is 0 Å². The normalized spacial score (nSPS) is 11.2. The summed E-state index contributed by atoms with van der Waals surface area (Å²) in [5.41, 5.74) is 9.55. The van der Waals surface area contributed by atoms with E-state index in [9.17, 15) is 0 Å². The minimum atomic E-state index is 0.411. The van der Waals surface area contributed by atoms with Crippen LogP contribution in [0.2, 0.25) is 0 Å². The van der Waals surface area contributed by atoms with Crippen molar-refractivity contribution < 1.29 is 0 Å². The van der Waals surface area contributed by atoms with Gasteiger partial charge in [-0.1, -0.05) is 11.8 Å². The molecule has 1 aromatic carbocycles. The lowest BCUT2D eigenvalue weighted by Gasteiger charge is -2.06. The van der Waals surface area contributed by atoms with Gasteiger partial charge in [0.25, 0.3) is 0 Å². The number of imidazole rings is 1. The molecule has 0 aliphatic carbocycles. The van der Waals surface area contributed by atoms with E-state index in [0.717, 1.165) is 14.5 Å². The van der Waals surface area contributed by atoms with Crippen molar-refractivity contribution in [1.82, 2.24) is 19.9 Å². The summed E-state index contributed by atoms with van der Waals surface area (Å²) in [6.07, 6.45) is 1.42. The highest BCUT2D eigenvalue weighted by atomic mass is 79.9. The average molecular weight is 350 g/mol. The highest BCUT2D eigenvalue weighted by Gasteiger charge is 2.11. The fourth-order valence-electron chi connectivity index (χ4n) is 1.81. The molecule has 3 rings (SSSR count). The molecular weight excluding hydrogens is 338 g/mol. The Morgan fingerprint density at radius 2 is 1.95 bits per heavy atom. The fourth-order valence-corrected chi connectivity index (χ4v) is 3.40. The molecule has 0 radical (unpaired) electrons. The van der Waals surface area contributed by atoms with Crippen molar-refractivity contribution in [2.75, 3.05) is 5.73 Å². The number of nitrogens with two attached hydrogens (primary N) is 1. The van der Waals surface area contributed by atoms with Gasteiger partial charge in [-0.05, 0) is 53.0 Å². The van der Waals surface area contributed by atoms with Gasteiger partial charge in [0.05, 0.1) is 0 Å². The lowest BCUT2D eigenvalue weighted by Crippen LogP contribution is -1.91. The van der Waals surface area contributed by atoms with Gasteiger partial charge in [0.2, 0.25) is 0 Å². The fraction of sp³-hybridized carbons (Fsp3) is 0.154. The smallest absolute Gasteiger partial charge is 0.183 e. The zero-order chi connectivity index (χ0) is 14.3. The predicted molar refractivity (Wildman–Crippen MR) is 83.8 cm³/mol. The van der Waals surface area contributed by atoms with Crippen molar-refractivity contribution in [3.05, 3.63) is 34.1 Å². The van der Waals surface area contributed by atoms with Gasteiger partial charge >= 0.3 is 0 Å². The number of hydrogen-bond donors (Lipinski definition) is 2. The van der Waals surface area contributed by atoms with Crippen molar-refractivity contribution in [3.8, 4) is 0 Å². The summed E-state index contributed by atoms with van der Waals surface area (Å²) in [6, 6.07) is 4.24. The predicted octanol–water partition coefficient (Wildman–Crippen LogP) is 3.47. The number of nitrogens with one attached hydrogen (secondary N) is 1. The number of nitrogens with zero attached hydrogens (tertiary/aromatic N) is 3. The first-order chi connectivity index (χ1) is 9.54. The van der Waals surface area contributed by atoms with Crippen LogP contribution in [0, 0.1) is 13.8 Å². The maximum atomic E-state index is 5.80. The van der Waals surface area contributed by atoms with Gasteiger partial charge in [-0.2, -0.15) is 0 Å². The largest absolute Gasteiger partial charge is 0.382 e. The highest BCUT2D eigenvalue weighted by molar-refractivity contribution is 9.10. The molecule has 20 heavy (non-hydrogen) atoms. The molecule has 0 aliphatic heterocycles. The molecule has 0 spiro atoms. The molecule has 0 aliphatic rings. The molecule has 0 bridgehead atoms. The third kappa shape index (κ3) is 2.38. The first kappa shape index (κ1) is 13.4. The standard InChI is InChI=1S/C13H12BrN5S/c1-6-3-8(14)9(4-7(6)2)20-13-18-10-11(15)16-5-17-12(10)19-13/h3-5H,1-2H3,(H3,15,16,17,18,19). The van der Waals surface area contributed by atoms with Gasteiger partial charge in [0, 0.05) is 9.37 Å². The maximum Gasteiger partial charge on any atom is 0.183 e. The SMILES string of the molecule is Cc1cc(Br)c(Sc2nc3ncnc(N)c3[nH]2)cc1C. The summed E-state index contributed by atoms with van der Waals surface area (Å²) in [6.45, 7) is 4.18. The molecule has 7 heteroatoms. The molecule has 102 valence electrons. The maximum absolute atomic E-state index is 5.80. The zero-order valence-corrected chi connectivity index (χ0v) is 13.3. The number of aryl methyl sites for hydroxylation is 2. The van der Waals surface area contributed by atoms with Gasteiger partial charge in [-0.15, -0.1) is 0 Å². The molecular formula is C13H12BrN5S. The van der Waals surface area contributed by atoms with Gasteiger partial charge in [0.1, 0.15) is 11.8 Å². The molecule has 0 atom stereocenters. The Morgan fingerprint density at radius 3 is 2.70 bits per heavy atom. The van der Waals surface area contributed by atoms with Crippen LogP contribution in [0.5, 0.6) is 0 Å². The lowest BCUT2D eigenvalue weighted by atomic mass is 10.1. The Hall–Kier alpha value is -1.60. The van der Waals surface area contributed by atoms with E-state index in [0.29, 0.717) is 17.0 Å². The molecule has 2 aromatic heterocycles. The van der Waals surface area contributed by atoms with Crippen molar-refractivity contribution in [1.29, 1.82) is 0 Å². The van der Waals surface area contributed by atoms with Crippen molar-refractivity contribution in [3.63, 3.8) is 0 Å². The topological polar surface area (TPSA) is 80.5 Å². The molecule has 2 heterocycles. The first-order valence-electron chi connectivity index (χ1n) is 5.95. The molecule has 0 amide bonds. The molecule has 0 saturated heterocycles. The van der Waals surface area contributed by atoms with Crippen LogP contribution in [0.3, 0.4) is 0 Å². The van der Waals surface area contributed by atoms with E-state index in [1.165, 1.54) is 29.2 Å². The Balaban J connectivity index is 2.01.